The summed E-state index contributed by atoms with van der Waals surface area (Å²) in [6.45, 7) is 0. The molecule has 0 bridgehead atoms. The van der Waals surface area contributed by atoms with Crippen molar-refractivity contribution in [3.63, 3.8) is 0 Å². The SMILES string of the molecule is N#Cc1ccc(N2C(=O)CC(N(C(=O)c3cccc([N+](=O)[O-])c3)C3CCCCCC3)C2=O)cc1. The van der Waals surface area contributed by atoms with Gasteiger partial charge in [0.2, 0.25) is 5.91 Å². The molecule has 1 saturated heterocycles. The highest BCUT2D eigenvalue weighted by Crippen LogP contribution is 2.32. The Morgan fingerprint density at radius 2 is 1.74 bits per heavy atom. The van der Waals surface area contributed by atoms with Gasteiger partial charge >= 0.3 is 0 Å². The molecule has 1 atom stereocenters. The van der Waals surface area contributed by atoms with E-state index in [1.54, 1.807) is 0 Å². The van der Waals surface area contributed by atoms with Gasteiger partial charge in [-0.2, -0.15) is 5.26 Å². The number of nitro benzene ring substituents is 1. The maximum absolute atomic E-state index is 13.7. The Kier molecular flexibility index (Phi) is 6.68. The van der Waals surface area contributed by atoms with Crippen molar-refractivity contribution in [3.05, 3.63) is 69.8 Å². The van der Waals surface area contributed by atoms with Crippen molar-refractivity contribution in [1.82, 2.24) is 4.90 Å². The number of hydrogen-bond acceptors (Lipinski definition) is 6. The number of benzene rings is 2. The van der Waals surface area contributed by atoms with Crippen LogP contribution in [0.2, 0.25) is 0 Å². The van der Waals surface area contributed by atoms with Crippen molar-refractivity contribution in [2.24, 2.45) is 0 Å². The van der Waals surface area contributed by atoms with Crippen molar-refractivity contribution >= 4 is 29.1 Å². The number of imide groups is 1. The van der Waals surface area contributed by atoms with Crippen LogP contribution in [0, 0.1) is 21.4 Å². The van der Waals surface area contributed by atoms with Gasteiger partial charge in [-0.1, -0.05) is 31.7 Å². The Bertz CT molecular complexity index is 1160. The summed E-state index contributed by atoms with van der Waals surface area (Å²) < 4.78 is 0. The minimum absolute atomic E-state index is 0.121. The molecule has 9 heteroatoms. The van der Waals surface area contributed by atoms with Crippen LogP contribution >= 0.6 is 0 Å². The number of nitrogens with zero attached hydrogens (tertiary/aromatic N) is 4. The number of anilines is 1. The molecule has 9 nitrogen and oxygen atoms in total. The summed E-state index contributed by atoms with van der Waals surface area (Å²) in [6.07, 6.45) is 5.12. The molecule has 1 heterocycles. The zero-order valence-corrected chi connectivity index (χ0v) is 18.6. The minimum Gasteiger partial charge on any atom is -0.323 e. The van der Waals surface area contributed by atoms with Crippen LogP contribution in [0.1, 0.15) is 60.9 Å². The van der Waals surface area contributed by atoms with Gasteiger partial charge in [-0.3, -0.25) is 24.5 Å². The molecule has 3 amide bonds. The van der Waals surface area contributed by atoms with E-state index in [2.05, 4.69) is 0 Å². The Labute approximate surface area is 196 Å². The van der Waals surface area contributed by atoms with Crippen molar-refractivity contribution in [2.75, 3.05) is 4.90 Å². The van der Waals surface area contributed by atoms with Crippen LogP contribution in [0.3, 0.4) is 0 Å². The molecule has 2 fully saturated rings. The highest BCUT2D eigenvalue weighted by atomic mass is 16.6. The topological polar surface area (TPSA) is 125 Å². The van der Waals surface area contributed by atoms with Crippen molar-refractivity contribution in [2.45, 2.75) is 57.0 Å². The first-order valence-corrected chi connectivity index (χ1v) is 11.3. The number of carbonyl (C=O) groups is 3. The molecule has 0 N–H and O–H groups in total. The van der Waals surface area contributed by atoms with E-state index in [4.69, 9.17) is 5.26 Å². The van der Waals surface area contributed by atoms with E-state index in [0.717, 1.165) is 30.6 Å². The van der Waals surface area contributed by atoms with E-state index in [1.807, 2.05) is 6.07 Å². The van der Waals surface area contributed by atoms with E-state index < -0.39 is 28.7 Å². The number of nitriles is 1. The van der Waals surface area contributed by atoms with Crippen LogP contribution < -0.4 is 4.90 Å². The molecule has 4 rings (SSSR count). The lowest BCUT2D eigenvalue weighted by Gasteiger charge is -2.35. The van der Waals surface area contributed by atoms with Crippen molar-refractivity contribution < 1.29 is 19.3 Å². The number of non-ortho nitro benzene ring substituents is 1. The molecule has 174 valence electrons. The zero-order valence-electron chi connectivity index (χ0n) is 18.6. The second-order valence-corrected chi connectivity index (χ2v) is 8.61. The second-order valence-electron chi connectivity index (χ2n) is 8.61. The van der Waals surface area contributed by atoms with E-state index in [9.17, 15) is 24.5 Å². The van der Waals surface area contributed by atoms with Crippen LogP contribution in [0.15, 0.2) is 48.5 Å². The van der Waals surface area contributed by atoms with Crippen LogP contribution in [0.25, 0.3) is 0 Å². The molecule has 1 saturated carbocycles. The fourth-order valence-corrected chi connectivity index (χ4v) is 4.79. The van der Waals surface area contributed by atoms with Gasteiger partial charge in [0.25, 0.3) is 17.5 Å². The molecule has 2 aromatic rings. The van der Waals surface area contributed by atoms with Gasteiger partial charge < -0.3 is 4.90 Å². The van der Waals surface area contributed by atoms with Crippen molar-refractivity contribution in [1.29, 1.82) is 5.26 Å². The summed E-state index contributed by atoms with van der Waals surface area (Å²) in [4.78, 5) is 53.3. The van der Waals surface area contributed by atoms with Gasteiger partial charge in [0.15, 0.2) is 0 Å². The van der Waals surface area contributed by atoms with Gasteiger partial charge in [0, 0.05) is 23.7 Å². The summed E-state index contributed by atoms with van der Waals surface area (Å²) in [6, 6.07) is 12.4. The van der Waals surface area contributed by atoms with Gasteiger partial charge in [0.05, 0.1) is 28.7 Å². The standard InChI is InChI=1S/C25H24N4O5/c26-16-17-10-12-20(13-11-17)28-23(30)15-22(25(28)32)27(19-7-3-1-2-4-8-19)24(31)18-6-5-9-21(14-18)29(33)34/h5-6,9-14,19,22H,1-4,7-8,15H2. The second kappa shape index (κ2) is 9.83. The van der Waals surface area contributed by atoms with E-state index in [0.29, 0.717) is 24.1 Å². The maximum Gasteiger partial charge on any atom is 0.270 e. The smallest absolute Gasteiger partial charge is 0.270 e. The Hall–Kier alpha value is -4.06. The molecular formula is C25H24N4O5. The summed E-state index contributed by atoms with van der Waals surface area (Å²) in [7, 11) is 0. The molecular weight excluding hydrogens is 436 g/mol. The largest absolute Gasteiger partial charge is 0.323 e. The van der Waals surface area contributed by atoms with Crippen molar-refractivity contribution in [3.8, 4) is 6.07 Å². The first-order chi connectivity index (χ1) is 16.4. The minimum atomic E-state index is -0.988. The normalized spacial score (nSPS) is 18.9. The highest BCUT2D eigenvalue weighted by molar-refractivity contribution is 6.23. The Morgan fingerprint density at radius 3 is 2.35 bits per heavy atom. The van der Waals surface area contributed by atoms with Crippen LogP contribution in [-0.2, 0) is 9.59 Å². The van der Waals surface area contributed by atoms with Gasteiger partial charge in [-0.15, -0.1) is 0 Å². The number of nitro groups is 1. The molecule has 1 unspecified atom stereocenters. The number of amides is 3. The lowest BCUT2D eigenvalue weighted by Crippen LogP contribution is -2.50. The molecule has 2 aliphatic rings. The average Bonchev–Trinajstić information content (AvgIpc) is 3.00. The molecule has 0 radical (unpaired) electrons. The number of rotatable bonds is 5. The zero-order chi connectivity index (χ0) is 24.2. The van der Waals surface area contributed by atoms with Gasteiger partial charge in [-0.05, 0) is 43.2 Å². The predicted molar refractivity (Wildman–Crippen MR) is 123 cm³/mol. The van der Waals surface area contributed by atoms with Crippen LogP contribution in [0.5, 0.6) is 0 Å². The number of carbonyl (C=O) groups excluding carboxylic acids is 3. The number of hydrogen-bond donors (Lipinski definition) is 0. The molecule has 34 heavy (non-hydrogen) atoms. The fourth-order valence-electron chi connectivity index (χ4n) is 4.79. The third-order valence-electron chi connectivity index (χ3n) is 6.47. The van der Waals surface area contributed by atoms with Gasteiger partial charge in [-0.25, -0.2) is 4.90 Å². The predicted octanol–water partition coefficient (Wildman–Crippen LogP) is 3.96. The van der Waals surface area contributed by atoms with E-state index in [1.165, 1.54) is 53.4 Å². The lowest BCUT2D eigenvalue weighted by atomic mass is 10.0. The van der Waals surface area contributed by atoms with Crippen LogP contribution in [-0.4, -0.2) is 39.6 Å². The summed E-state index contributed by atoms with van der Waals surface area (Å²) in [5.74, 6) is -1.41. The maximum atomic E-state index is 13.7. The molecule has 1 aliphatic heterocycles. The summed E-state index contributed by atoms with van der Waals surface area (Å²) in [5, 5.41) is 20.3. The highest BCUT2D eigenvalue weighted by Gasteiger charge is 2.46. The molecule has 1 aliphatic carbocycles. The van der Waals surface area contributed by atoms with E-state index >= 15 is 0 Å². The third kappa shape index (κ3) is 4.53. The first-order valence-electron chi connectivity index (χ1n) is 11.3. The first kappa shape index (κ1) is 23.1. The Morgan fingerprint density at radius 1 is 1.06 bits per heavy atom. The van der Waals surface area contributed by atoms with Crippen LogP contribution in [0.4, 0.5) is 11.4 Å². The van der Waals surface area contributed by atoms with Gasteiger partial charge in [0.1, 0.15) is 6.04 Å². The summed E-state index contributed by atoms with van der Waals surface area (Å²) >= 11 is 0. The molecule has 2 aromatic carbocycles. The quantitative estimate of drug-likeness (QED) is 0.288. The Balaban J connectivity index is 1.70. The molecule has 0 aromatic heterocycles. The third-order valence-corrected chi connectivity index (χ3v) is 6.47. The average molecular weight is 460 g/mol. The monoisotopic (exact) mass is 460 g/mol. The lowest BCUT2D eigenvalue weighted by molar-refractivity contribution is -0.384. The fraction of sp³-hybridized carbons (Fsp3) is 0.360. The summed E-state index contributed by atoms with van der Waals surface area (Å²) in [5.41, 5.74) is 0.663. The molecule has 0 spiro atoms. The van der Waals surface area contributed by atoms with E-state index in [-0.39, 0.29) is 23.7 Å².